The van der Waals surface area contributed by atoms with Crippen molar-refractivity contribution in [3.05, 3.63) is 0 Å². The van der Waals surface area contributed by atoms with Gasteiger partial charge in [0.15, 0.2) is 0 Å². The van der Waals surface area contributed by atoms with Gasteiger partial charge in [-0.15, -0.1) is 0 Å². The highest BCUT2D eigenvalue weighted by Crippen LogP contribution is 2.31. The molecule has 0 spiro atoms. The van der Waals surface area contributed by atoms with E-state index in [9.17, 15) is 9.59 Å². The molecule has 0 atom stereocenters. The van der Waals surface area contributed by atoms with Gasteiger partial charge in [-0.1, -0.05) is 6.92 Å². The van der Waals surface area contributed by atoms with Crippen molar-refractivity contribution in [1.82, 2.24) is 0 Å². The highest BCUT2D eigenvalue weighted by Gasteiger charge is 2.56. The molecule has 1 aliphatic rings. The van der Waals surface area contributed by atoms with Gasteiger partial charge in [0.1, 0.15) is 0 Å². The first kappa shape index (κ1) is 11.9. The predicted molar refractivity (Wildman–Crippen MR) is 43.8 cm³/mol. The van der Waals surface area contributed by atoms with E-state index in [4.69, 9.17) is 15.3 Å². The summed E-state index contributed by atoms with van der Waals surface area (Å²) in [5.74, 6) is -7.55. The molecule has 15 heavy (non-hydrogen) atoms. The van der Waals surface area contributed by atoms with Crippen LogP contribution in [0, 0.1) is 0 Å². The Morgan fingerprint density at radius 3 is 1.87 bits per heavy atom. The van der Waals surface area contributed by atoms with E-state index in [2.05, 4.69) is 9.47 Å². The molecular weight excluding hydrogens is 208 g/mol. The minimum absolute atomic E-state index is 0.226. The lowest BCUT2D eigenvalue weighted by molar-refractivity contribution is -0.443. The Morgan fingerprint density at radius 2 is 1.60 bits per heavy atom. The molecule has 0 bridgehead atoms. The number of ether oxygens (including phenoxy) is 2. The lowest BCUT2D eigenvalue weighted by Crippen LogP contribution is -2.58. The van der Waals surface area contributed by atoms with Gasteiger partial charge in [-0.2, -0.15) is 0 Å². The Balaban J connectivity index is 3.04. The molecule has 7 heteroatoms. The highest BCUT2D eigenvalue weighted by atomic mass is 16.8. The maximum atomic E-state index is 11.1. The monoisotopic (exact) mass is 220 g/mol. The van der Waals surface area contributed by atoms with Crippen molar-refractivity contribution < 1.29 is 34.4 Å². The molecule has 0 unspecified atom stereocenters. The van der Waals surface area contributed by atoms with Crippen LogP contribution in [0.2, 0.25) is 0 Å². The summed E-state index contributed by atoms with van der Waals surface area (Å²) in [4.78, 5) is 22.1. The Bertz CT molecular complexity index is 259. The van der Waals surface area contributed by atoms with Gasteiger partial charge in [0, 0.05) is 6.42 Å². The summed E-state index contributed by atoms with van der Waals surface area (Å²) < 4.78 is 9.10. The van der Waals surface area contributed by atoms with Crippen LogP contribution < -0.4 is 0 Å². The minimum atomic E-state index is -3.42. The zero-order chi connectivity index (χ0) is 11.7. The van der Waals surface area contributed by atoms with Crippen molar-refractivity contribution in [2.24, 2.45) is 0 Å². The fourth-order valence-electron chi connectivity index (χ4n) is 1.21. The van der Waals surface area contributed by atoms with Gasteiger partial charge < -0.3 is 24.8 Å². The van der Waals surface area contributed by atoms with E-state index in [0.29, 0.717) is 0 Å². The summed E-state index contributed by atoms with van der Waals surface area (Å²) in [6, 6.07) is 0. The lowest BCUT2D eigenvalue weighted by atomic mass is 10.1. The van der Waals surface area contributed by atoms with E-state index in [1.165, 1.54) is 6.92 Å². The molecule has 0 aromatic heterocycles. The first-order chi connectivity index (χ1) is 6.81. The van der Waals surface area contributed by atoms with E-state index in [0.717, 1.165) is 0 Å². The van der Waals surface area contributed by atoms with Gasteiger partial charge in [0.05, 0.1) is 12.8 Å². The third-order valence-corrected chi connectivity index (χ3v) is 2.07. The molecule has 0 saturated carbocycles. The zero-order valence-corrected chi connectivity index (χ0v) is 8.10. The fourth-order valence-corrected chi connectivity index (χ4v) is 1.21. The summed E-state index contributed by atoms with van der Waals surface area (Å²) in [5.41, 5.74) is 0. The SMILES string of the molecule is CCC1(C(O)(O)O)OC(=O)CCC(=O)O1. The van der Waals surface area contributed by atoms with Gasteiger partial charge >= 0.3 is 23.7 Å². The van der Waals surface area contributed by atoms with Crippen LogP contribution in [-0.4, -0.2) is 39.0 Å². The maximum Gasteiger partial charge on any atom is 0.357 e. The first-order valence-electron chi connectivity index (χ1n) is 4.41. The molecule has 3 N–H and O–H groups in total. The fraction of sp³-hybridized carbons (Fsp3) is 0.750. The first-order valence-corrected chi connectivity index (χ1v) is 4.41. The Kier molecular flexibility index (Phi) is 2.98. The number of carbonyl (C=O) groups is 2. The Labute approximate surface area is 85.2 Å². The lowest BCUT2D eigenvalue weighted by Gasteiger charge is -2.35. The van der Waals surface area contributed by atoms with Crippen molar-refractivity contribution >= 4 is 11.9 Å². The van der Waals surface area contributed by atoms with Crippen molar-refractivity contribution in [3.8, 4) is 0 Å². The number of carbonyl (C=O) groups excluding carboxylic acids is 2. The summed E-state index contributed by atoms with van der Waals surface area (Å²) in [7, 11) is 0. The topological polar surface area (TPSA) is 113 Å². The van der Waals surface area contributed by atoms with Crippen LogP contribution in [0.5, 0.6) is 0 Å². The van der Waals surface area contributed by atoms with Crippen LogP contribution in [-0.2, 0) is 19.1 Å². The number of hydrogen-bond acceptors (Lipinski definition) is 7. The number of esters is 2. The molecular formula is C8H12O7. The van der Waals surface area contributed by atoms with Gasteiger partial charge in [-0.25, -0.2) is 0 Å². The quantitative estimate of drug-likeness (QED) is 0.387. The van der Waals surface area contributed by atoms with Crippen molar-refractivity contribution in [2.75, 3.05) is 0 Å². The molecule has 0 radical (unpaired) electrons. The smallest absolute Gasteiger partial charge is 0.357 e. The van der Waals surface area contributed by atoms with Crippen LogP contribution in [0.25, 0.3) is 0 Å². The highest BCUT2D eigenvalue weighted by molar-refractivity contribution is 5.79. The molecule has 1 rings (SSSR count). The van der Waals surface area contributed by atoms with Gasteiger partial charge in [0.2, 0.25) is 0 Å². The molecule has 1 aliphatic heterocycles. The summed E-state index contributed by atoms with van der Waals surface area (Å²) in [6.07, 6.45) is -0.735. The van der Waals surface area contributed by atoms with Crippen LogP contribution >= 0.6 is 0 Å². The number of cyclic esters (lactones) is 2. The molecule has 0 aromatic rings. The molecule has 7 nitrogen and oxygen atoms in total. The second-order valence-corrected chi connectivity index (χ2v) is 3.19. The second kappa shape index (κ2) is 3.76. The third-order valence-electron chi connectivity index (χ3n) is 2.07. The van der Waals surface area contributed by atoms with E-state index in [1.807, 2.05) is 0 Å². The molecule has 0 aliphatic carbocycles. The van der Waals surface area contributed by atoms with Crippen molar-refractivity contribution in [3.63, 3.8) is 0 Å². The minimum Gasteiger partial charge on any atom is -0.414 e. The summed E-state index contributed by atoms with van der Waals surface area (Å²) in [5, 5.41) is 27.0. The average molecular weight is 220 g/mol. The zero-order valence-electron chi connectivity index (χ0n) is 8.10. The van der Waals surface area contributed by atoms with Gasteiger partial charge in [-0.05, 0) is 0 Å². The van der Waals surface area contributed by atoms with E-state index < -0.39 is 23.7 Å². The van der Waals surface area contributed by atoms with E-state index >= 15 is 0 Å². The predicted octanol–water partition coefficient (Wildman–Crippen LogP) is -1.40. The van der Waals surface area contributed by atoms with Crippen LogP contribution in [0.4, 0.5) is 0 Å². The van der Waals surface area contributed by atoms with Crippen molar-refractivity contribution in [2.45, 2.75) is 37.9 Å². The molecule has 0 amide bonds. The largest absolute Gasteiger partial charge is 0.414 e. The Hall–Kier alpha value is -1.18. The number of hydrogen-bond donors (Lipinski definition) is 3. The average Bonchev–Trinajstić information content (AvgIpc) is 2.25. The molecule has 1 fully saturated rings. The van der Waals surface area contributed by atoms with Crippen molar-refractivity contribution in [1.29, 1.82) is 0 Å². The molecule has 1 saturated heterocycles. The normalized spacial score (nSPS) is 21.6. The number of aliphatic hydroxyl groups is 3. The van der Waals surface area contributed by atoms with E-state index in [-0.39, 0.29) is 19.3 Å². The summed E-state index contributed by atoms with van der Waals surface area (Å²) >= 11 is 0. The molecule has 86 valence electrons. The molecule has 0 aromatic carbocycles. The standard InChI is InChI=1S/C8H12O7/c1-2-7(8(11,12)13)14-5(9)3-4-6(10)15-7/h11-13H,2-4H2,1H3. The number of rotatable bonds is 2. The second-order valence-electron chi connectivity index (χ2n) is 3.19. The Morgan fingerprint density at radius 1 is 1.20 bits per heavy atom. The maximum absolute atomic E-state index is 11.1. The van der Waals surface area contributed by atoms with Gasteiger partial charge in [0.25, 0.3) is 0 Å². The van der Waals surface area contributed by atoms with Crippen LogP contribution in [0.1, 0.15) is 26.2 Å². The third kappa shape index (κ3) is 2.25. The van der Waals surface area contributed by atoms with Gasteiger partial charge in [-0.3, -0.25) is 9.59 Å². The van der Waals surface area contributed by atoms with E-state index in [1.54, 1.807) is 0 Å². The summed E-state index contributed by atoms with van der Waals surface area (Å²) in [6.45, 7) is 1.36. The van der Waals surface area contributed by atoms with Crippen LogP contribution in [0.15, 0.2) is 0 Å². The van der Waals surface area contributed by atoms with Crippen LogP contribution in [0.3, 0.4) is 0 Å². The molecule has 1 heterocycles.